The van der Waals surface area contributed by atoms with Crippen LogP contribution in [-0.4, -0.2) is 51.5 Å². The third kappa shape index (κ3) is 6.77. The van der Waals surface area contributed by atoms with Gasteiger partial charge in [-0.05, 0) is 87.1 Å². The molecule has 1 aliphatic rings. The van der Waals surface area contributed by atoms with Crippen LogP contribution in [0, 0.1) is 0 Å². The molecule has 11 heteroatoms. The van der Waals surface area contributed by atoms with Crippen LogP contribution in [0.15, 0.2) is 83.9 Å². The Hall–Kier alpha value is -4.18. The van der Waals surface area contributed by atoms with Crippen molar-refractivity contribution in [1.29, 1.82) is 0 Å². The highest BCUT2D eigenvalue weighted by Crippen LogP contribution is 2.29. The van der Waals surface area contributed by atoms with Gasteiger partial charge in [0.05, 0.1) is 16.3 Å². The lowest BCUT2D eigenvalue weighted by atomic mass is 10.0. The molecule has 4 aromatic rings. The number of likely N-dealkylation sites (tertiary alicyclic amines) is 1. The highest BCUT2D eigenvalue weighted by molar-refractivity contribution is 6.30. The van der Waals surface area contributed by atoms with Gasteiger partial charge < -0.3 is 25.2 Å². The van der Waals surface area contributed by atoms with Crippen molar-refractivity contribution in [2.24, 2.45) is 0 Å². The second-order valence-corrected chi connectivity index (χ2v) is 10.2. The van der Waals surface area contributed by atoms with E-state index in [1.165, 1.54) is 30.5 Å². The Bertz CT molecular complexity index is 1600. The fraction of sp³-hybridized carbons (Fsp3) is 0.200. The van der Waals surface area contributed by atoms with Crippen LogP contribution in [0.2, 0.25) is 5.02 Å². The molecule has 0 spiro atoms. The third-order valence-electron chi connectivity index (χ3n) is 7.01. The van der Waals surface area contributed by atoms with Crippen molar-refractivity contribution < 1.29 is 14.7 Å². The van der Waals surface area contributed by atoms with Gasteiger partial charge in [-0.3, -0.25) is 14.4 Å². The first kappa shape index (κ1) is 29.8. The number of amides is 2. The fourth-order valence-corrected chi connectivity index (χ4v) is 4.88. The number of carbonyl (C=O) groups is 2. The maximum absolute atomic E-state index is 13.3. The lowest BCUT2D eigenvalue weighted by molar-refractivity contribution is 0.102. The van der Waals surface area contributed by atoms with Gasteiger partial charge in [-0.15, -0.1) is 12.4 Å². The minimum atomic E-state index is -0.568. The van der Waals surface area contributed by atoms with Crippen molar-refractivity contribution in [3.8, 4) is 16.9 Å². The molecule has 0 bridgehead atoms. The summed E-state index contributed by atoms with van der Waals surface area (Å²) in [4.78, 5) is 45.6. The Labute approximate surface area is 248 Å². The third-order valence-corrected chi connectivity index (χ3v) is 7.23. The van der Waals surface area contributed by atoms with Crippen molar-refractivity contribution in [1.82, 2.24) is 14.5 Å². The predicted molar refractivity (Wildman–Crippen MR) is 162 cm³/mol. The quantitative estimate of drug-likeness (QED) is 0.255. The zero-order valence-corrected chi connectivity index (χ0v) is 23.8. The van der Waals surface area contributed by atoms with E-state index in [-0.39, 0.29) is 46.8 Å². The van der Waals surface area contributed by atoms with Crippen LogP contribution >= 0.6 is 24.0 Å². The maximum Gasteiger partial charge on any atom is 0.259 e. The first-order chi connectivity index (χ1) is 19.3. The zero-order valence-electron chi connectivity index (χ0n) is 22.2. The average molecular weight is 594 g/mol. The van der Waals surface area contributed by atoms with Crippen LogP contribution in [-0.2, 0) is 0 Å². The number of aromatic hydroxyl groups is 1. The molecule has 41 heavy (non-hydrogen) atoms. The Morgan fingerprint density at radius 1 is 0.951 bits per heavy atom. The molecule has 3 N–H and O–H groups in total. The smallest absolute Gasteiger partial charge is 0.259 e. The molecule has 2 amide bonds. The summed E-state index contributed by atoms with van der Waals surface area (Å²) in [6.45, 7) is 1.90. The molecule has 9 nitrogen and oxygen atoms in total. The van der Waals surface area contributed by atoms with Gasteiger partial charge in [0.15, 0.2) is 0 Å². The lowest BCUT2D eigenvalue weighted by Gasteiger charge is -2.30. The summed E-state index contributed by atoms with van der Waals surface area (Å²) in [6, 6.07) is 17.9. The molecule has 1 aliphatic heterocycles. The zero-order chi connectivity index (χ0) is 28.2. The van der Waals surface area contributed by atoms with Gasteiger partial charge in [-0.2, -0.15) is 0 Å². The predicted octanol–water partition coefficient (Wildman–Crippen LogP) is 5.46. The van der Waals surface area contributed by atoms with Crippen molar-refractivity contribution in [2.45, 2.75) is 18.9 Å². The highest BCUT2D eigenvalue weighted by atomic mass is 35.5. The number of hydrogen-bond donors (Lipinski definition) is 3. The Morgan fingerprint density at radius 2 is 1.68 bits per heavy atom. The van der Waals surface area contributed by atoms with Gasteiger partial charge in [0, 0.05) is 29.6 Å². The summed E-state index contributed by atoms with van der Waals surface area (Å²) in [5.74, 6) is -1.09. The van der Waals surface area contributed by atoms with E-state index >= 15 is 0 Å². The molecule has 1 fully saturated rings. The highest BCUT2D eigenvalue weighted by Gasteiger charge is 2.21. The minimum Gasteiger partial charge on any atom is -0.506 e. The van der Waals surface area contributed by atoms with E-state index in [0.29, 0.717) is 21.7 Å². The number of pyridine rings is 2. The van der Waals surface area contributed by atoms with E-state index in [0.717, 1.165) is 25.9 Å². The standard InChI is InChI=1S/C30H28ClN5O4.ClH/c1-35-16-13-22(14-17-35)36-15-3-5-23(30(36)40)19-7-9-20(10-8-19)28(38)34-27-24(4-2-6-25(27)37)29(39)33-26-12-11-21(31)18-32-26;/h2-12,15,18,22,37H,13-14,16-17H2,1H3,(H,34,38)(H,32,33,39);1H. The normalized spacial score (nSPS) is 13.7. The molecule has 2 aromatic heterocycles. The molecule has 0 unspecified atom stereocenters. The number of halogens is 2. The molecule has 3 heterocycles. The summed E-state index contributed by atoms with van der Waals surface area (Å²) in [5.41, 5.74) is 1.51. The van der Waals surface area contributed by atoms with E-state index in [4.69, 9.17) is 11.6 Å². The number of aromatic nitrogens is 2. The maximum atomic E-state index is 13.3. The van der Waals surface area contributed by atoms with Crippen LogP contribution in [0.4, 0.5) is 11.5 Å². The Balaban J connectivity index is 0.00000387. The second kappa shape index (κ2) is 13.0. The van der Waals surface area contributed by atoms with E-state index in [9.17, 15) is 19.5 Å². The minimum absolute atomic E-state index is 0. The number of benzene rings is 2. The van der Waals surface area contributed by atoms with E-state index in [2.05, 4.69) is 27.6 Å². The summed E-state index contributed by atoms with van der Waals surface area (Å²) in [6.07, 6.45) is 5.07. The second-order valence-electron chi connectivity index (χ2n) is 9.72. The van der Waals surface area contributed by atoms with Gasteiger partial charge in [0.25, 0.3) is 17.4 Å². The average Bonchev–Trinajstić information content (AvgIpc) is 2.96. The summed E-state index contributed by atoms with van der Waals surface area (Å²) in [5, 5.41) is 16.1. The van der Waals surface area contributed by atoms with Gasteiger partial charge in [-0.1, -0.05) is 29.8 Å². The van der Waals surface area contributed by atoms with Crippen LogP contribution in [0.5, 0.6) is 5.75 Å². The number of carbonyl (C=O) groups excluding carboxylic acids is 2. The van der Waals surface area contributed by atoms with Crippen molar-refractivity contribution in [2.75, 3.05) is 30.8 Å². The number of para-hydroxylation sites is 1. The molecule has 5 rings (SSSR count). The molecule has 0 aliphatic carbocycles. The summed E-state index contributed by atoms with van der Waals surface area (Å²) < 4.78 is 1.81. The van der Waals surface area contributed by atoms with E-state index in [1.54, 1.807) is 36.4 Å². The molecule has 1 saturated heterocycles. The van der Waals surface area contributed by atoms with Gasteiger partial charge in [0.1, 0.15) is 11.6 Å². The van der Waals surface area contributed by atoms with E-state index in [1.807, 2.05) is 16.8 Å². The van der Waals surface area contributed by atoms with Crippen LogP contribution in [0.1, 0.15) is 39.6 Å². The number of piperidine rings is 1. The van der Waals surface area contributed by atoms with Gasteiger partial charge in [-0.25, -0.2) is 4.98 Å². The molecule has 0 atom stereocenters. The van der Waals surface area contributed by atoms with Gasteiger partial charge in [0.2, 0.25) is 0 Å². The molecular weight excluding hydrogens is 565 g/mol. The topological polar surface area (TPSA) is 117 Å². The number of anilines is 2. The number of hydrogen-bond acceptors (Lipinski definition) is 6. The van der Waals surface area contributed by atoms with Crippen molar-refractivity contribution in [3.05, 3.63) is 106 Å². The van der Waals surface area contributed by atoms with Crippen LogP contribution in [0.3, 0.4) is 0 Å². The number of rotatable bonds is 6. The van der Waals surface area contributed by atoms with Gasteiger partial charge >= 0.3 is 0 Å². The molecule has 0 radical (unpaired) electrons. The lowest BCUT2D eigenvalue weighted by Crippen LogP contribution is -2.35. The molecular formula is C30H29Cl2N5O4. The number of phenols is 1. The Morgan fingerprint density at radius 3 is 2.37 bits per heavy atom. The first-order valence-corrected chi connectivity index (χ1v) is 13.2. The number of phenolic OH excluding ortho intramolecular Hbond substituents is 1. The molecule has 0 saturated carbocycles. The summed E-state index contributed by atoms with van der Waals surface area (Å²) in [7, 11) is 2.08. The molecule has 2 aromatic carbocycles. The summed E-state index contributed by atoms with van der Waals surface area (Å²) >= 11 is 5.85. The fourth-order valence-electron chi connectivity index (χ4n) is 4.77. The number of nitrogens with zero attached hydrogens (tertiary/aromatic N) is 3. The largest absolute Gasteiger partial charge is 0.506 e. The SMILES string of the molecule is CN1CCC(n2cccc(-c3ccc(C(=O)Nc4c(O)cccc4C(=O)Nc4ccc(Cl)cn4)cc3)c2=O)CC1.Cl. The Kier molecular flexibility index (Phi) is 9.44. The number of nitrogens with one attached hydrogen (secondary N) is 2. The molecule has 212 valence electrons. The van der Waals surface area contributed by atoms with Crippen LogP contribution in [0.25, 0.3) is 11.1 Å². The van der Waals surface area contributed by atoms with Crippen molar-refractivity contribution >= 4 is 47.3 Å². The van der Waals surface area contributed by atoms with Crippen LogP contribution < -0.4 is 16.2 Å². The monoisotopic (exact) mass is 593 g/mol. The van der Waals surface area contributed by atoms with E-state index < -0.39 is 11.8 Å². The van der Waals surface area contributed by atoms with Crippen molar-refractivity contribution in [3.63, 3.8) is 0 Å². The first-order valence-electron chi connectivity index (χ1n) is 12.9.